The Morgan fingerprint density at radius 1 is 1.00 bits per heavy atom. The third kappa shape index (κ3) is 0.0522. The second-order valence-electron chi connectivity index (χ2n) is 11.0. The van der Waals surface area contributed by atoms with Crippen molar-refractivity contribution >= 4 is 0 Å². The summed E-state index contributed by atoms with van der Waals surface area (Å²) in [5, 5.41) is 10.1. The summed E-state index contributed by atoms with van der Waals surface area (Å²) in [6.07, 6.45) is -0.222. The molecule has 10 heterocycles. The zero-order valence-corrected chi connectivity index (χ0v) is 10.3. The van der Waals surface area contributed by atoms with E-state index >= 15 is 0 Å². The zero-order valence-electron chi connectivity index (χ0n) is 9.23. The van der Waals surface area contributed by atoms with Crippen molar-refractivity contribution in [3.05, 3.63) is 0 Å². The number of nitrogens with two attached hydrogens (primary N) is 1. The molecule has 10 fully saturated rings. The van der Waals surface area contributed by atoms with Gasteiger partial charge < -0.3 is 0 Å². The van der Waals surface area contributed by atoms with Crippen molar-refractivity contribution in [1.82, 2.24) is 0 Å². The normalized spacial score (nSPS) is 130. The number of rotatable bonds is 2. The van der Waals surface area contributed by atoms with Crippen molar-refractivity contribution < 1.29 is 11.6 Å². The van der Waals surface area contributed by atoms with Gasteiger partial charge in [-0.05, 0) is 0 Å². The molecule has 0 aliphatic carbocycles. The van der Waals surface area contributed by atoms with Crippen LogP contribution in [-0.4, -0.2) is 17.3 Å². The Hall–Kier alpha value is 0.439. The molecule has 16 heavy (non-hydrogen) atoms. The molecule has 10 aliphatic rings. The van der Waals surface area contributed by atoms with Crippen LogP contribution < -0.4 is 5.73 Å². The van der Waals surface area contributed by atoms with Crippen molar-refractivity contribution in [2.24, 2.45) is 5.73 Å². The fourth-order valence-electron chi connectivity index (χ4n) is 17.7. The molecule has 3 heteroatoms. The molecule has 10 rings (SSSR count). The summed E-state index contributed by atoms with van der Waals surface area (Å²) in [6, 6.07) is 0.210. The first kappa shape index (κ1) is 6.06. The Kier molecular flexibility index (Phi) is 0.171. The van der Waals surface area contributed by atoms with Gasteiger partial charge in [-0.2, -0.15) is 0 Å². The Labute approximate surface area is 84.2 Å². The molecule has 0 aromatic heterocycles. The third-order valence-corrected chi connectivity index (χ3v) is 58.5. The molecule has 6 unspecified atom stereocenters. The Morgan fingerprint density at radius 3 is 1.62 bits per heavy atom. The molecule has 6 atom stereocenters. The van der Waals surface area contributed by atoms with E-state index in [2.05, 4.69) is 0 Å². The van der Waals surface area contributed by atoms with Crippen LogP contribution >= 0.6 is 0 Å². The molecule has 10 aliphatic heterocycles. The summed E-state index contributed by atoms with van der Waals surface area (Å²) in [5.74, 6) is 0. The van der Waals surface area contributed by atoms with E-state index in [4.69, 9.17) is 5.73 Å². The second-order valence-corrected chi connectivity index (χ2v) is 34.6. The van der Waals surface area contributed by atoms with Crippen molar-refractivity contribution in [2.45, 2.75) is 66.7 Å². The summed E-state index contributed by atoms with van der Waals surface area (Å²) in [7, 11) is 0. The number of fused-ring (bicyclic) bond motifs is 10. The molecular weight excluding hydrogens is 242 g/mol. The van der Waals surface area contributed by atoms with Crippen LogP contribution in [-0.2, 0) is 6.51 Å². The van der Waals surface area contributed by atoms with E-state index < -0.39 is 6.51 Å². The summed E-state index contributed by atoms with van der Waals surface area (Å²) >= 11 is 0. The molecule has 88 valence electrons. The van der Waals surface area contributed by atoms with Crippen LogP contribution in [0.25, 0.3) is 0 Å². The molecule has 0 amide bonds. The van der Waals surface area contributed by atoms with Crippen molar-refractivity contribution in [3.63, 3.8) is 0 Å². The fourth-order valence-corrected chi connectivity index (χ4v) is 92.8. The molecule has 2 nitrogen and oxygen atoms in total. The van der Waals surface area contributed by atoms with Crippen LogP contribution in [0.3, 0.4) is 0 Å². The summed E-state index contributed by atoms with van der Waals surface area (Å²) < 4.78 is 0.702. The quantitative estimate of drug-likeness (QED) is 0.748. The van der Waals surface area contributed by atoms with Gasteiger partial charge >= 0.3 is 84.1 Å². The van der Waals surface area contributed by atoms with E-state index in [0.717, 1.165) is 0 Å². The Balaban J connectivity index is 1.66. The number of aliphatic hydroxyl groups excluding tert-OH is 1. The van der Waals surface area contributed by atoms with Gasteiger partial charge in [-0.1, -0.05) is 0 Å². The summed E-state index contributed by atoms with van der Waals surface area (Å²) in [4.78, 5) is 11.9. The molecular formula is C13H17FeNO. The standard InChI is InChI=1S/C8H12NO.C5H5.Fe/c1-6(10)8(9)7-4-2-3-5-7;1-2-4-5-3-1;/h2-6,8,10H,9H2,1H3;1-5H;. The first-order valence-corrected chi connectivity index (χ1v) is 13.3. The van der Waals surface area contributed by atoms with Gasteiger partial charge in [-0.15, -0.1) is 0 Å². The average Bonchev–Trinajstić information content (AvgIpc) is 3.20. The van der Waals surface area contributed by atoms with Gasteiger partial charge in [0.15, 0.2) is 0 Å². The van der Waals surface area contributed by atoms with Gasteiger partial charge in [0.25, 0.3) is 0 Å². The van der Waals surface area contributed by atoms with Crippen LogP contribution in [0.1, 0.15) is 6.92 Å². The van der Waals surface area contributed by atoms with Crippen LogP contribution in [0, 0.1) is 0 Å². The first-order chi connectivity index (χ1) is 7.40. The van der Waals surface area contributed by atoms with Gasteiger partial charge in [0.1, 0.15) is 0 Å². The predicted octanol–water partition coefficient (Wildman–Crippen LogP) is 2.45. The molecule has 0 aromatic carbocycles. The third-order valence-electron chi connectivity index (χ3n) is 15.8. The van der Waals surface area contributed by atoms with E-state index in [1.807, 2.05) is 6.92 Å². The molecule has 1 spiro atoms. The van der Waals surface area contributed by atoms with Gasteiger partial charge in [-0.25, -0.2) is 0 Å². The average molecular weight is 259 g/mol. The SMILES string of the molecule is CC(O)C(N)[C]12[CH]3[CH]4[CH]5[CH]1[Fe]45321678[CH]2[CH]1[CH]6[CH]7[CH]28. The van der Waals surface area contributed by atoms with Gasteiger partial charge in [0.05, 0.1) is 0 Å². The zero-order chi connectivity index (χ0) is 10.2. The second kappa shape index (κ2) is 0.451. The van der Waals surface area contributed by atoms with Gasteiger partial charge in [0.2, 0.25) is 0 Å². The van der Waals surface area contributed by atoms with Crippen LogP contribution in [0.5, 0.6) is 0 Å². The molecule has 0 saturated carbocycles. The van der Waals surface area contributed by atoms with Crippen LogP contribution in [0.4, 0.5) is 0 Å². The van der Waals surface area contributed by atoms with Crippen LogP contribution in [0.2, 0.25) is 47.7 Å². The molecule has 3 N–H and O–H groups in total. The van der Waals surface area contributed by atoms with Gasteiger partial charge in [-0.3, -0.25) is 0 Å². The van der Waals surface area contributed by atoms with Gasteiger partial charge in [0, 0.05) is 0 Å². The van der Waals surface area contributed by atoms with Crippen molar-refractivity contribution in [2.75, 3.05) is 0 Å². The number of hydrogen-bond donors (Lipinski definition) is 2. The monoisotopic (exact) mass is 259 g/mol. The van der Waals surface area contributed by atoms with E-state index in [1.165, 1.54) is 43.3 Å². The topological polar surface area (TPSA) is 46.2 Å². The molecule has 0 radical (unpaired) electrons. The molecule has 10 saturated heterocycles. The van der Waals surface area contributed by atoms with E-state index in [1.54, 1.807) is 0 Å². The summed E-state index contributed by atoms with van der Waals surface area (Å²) in [6.45, 7) is -1.00. The Bertz CT molecular complexity index is 852. The minimum absolute atomic E-state index is 0.210. The maximum absolute atomic E-state index is 10.1. The number of hydrogen-bond acceptors (Lipinski definition) is 2. The van der Waals surface area contributed by atoms with Crippen LogP contribution in [0.15, 0.2) is 0 Å². The van der Waals surface area contributed by atoms with E-state index in [0.29, 0.717) is 4.31 Å². The Morgan fingerprint density at radius 2 is 1.44 bits per heavy atom. The maximum atomic E-state index is 10.1. The van der Waals surface area contributed by atoms with Crippen molar-refractivity contribution in [3.8, 4) is 0 Å². The minimum atomic E-state index is -2.97. The first-order valence-electron chi connectivity index (χ1n) is 7.05. The molecule has 0 aromatic rings. The van der Waals surface area contributed by atoms with E-state index in [9.17, 15) is 5.11 Å². The molecule has 0 bridgehead atoms. The van der Waals surface area contributed by atoms with E-state index in [-0.39, 0.29) is 12.1 Å². The number of aliphatic hydroxyl groups is 1. The summed E-state index contributed by atoms with van der Waals surface area (Å²) in [5.41, 5.74) is 6.58. The van der Waals surface area contributed by atoms with Crippen molar-refractivity contribution in [1.29, 1.82) is 0 Å². The predicted molar refractivity (Wildman–Crippen MR) is 56.1 cm³/mol. The fraction of sp³-hybridized carbons (Fsp3) is 1.00.